The zero-order valence-electron chi connectivity index (χ0n) is 6.52. The fraction of sp³-hybridized carbons (Fsp3) is 0. The molecule has 0 atom stereocenters. The molecule has 0 fully saturated rings. The molecule has 2 aromatic heterocycles. The maximum absolute atomic E-state index is 4.63. The Balaban J connectivity index is 2.20. The Hall–Kier alpha value is -2.45. The van der Waals surface area contributed by atoms with Crippen LogP contribution in [0.1, 0.15) is 0 Å². The lowest BCUT2D eigenvalue weighted by Gasteiger charge is -1.88. The van der Waals surface area contributed by atoms with Crippen molar-refractivity contribution in [1.82, 2.24) is 15.5 Å². The van der Waals surface area contributed by atoms with Crippen molar-refractivity contribution in [2.45, 2.75) is 0 Å². The van der Waals surface area contributed by atoms with Crippen molar-refractivity contribution in [3.8, 4) is 0 Å². The molecule has 0 spiro atoms. The maximum Gasteiger partial charge on any atom is 0.265 e. The highest BCUT2D eigenvalue weighted by atomic mass is 16.6. The summed E-state index contributed by atoms with van der Waals surface area (Å²) >= 11 is 0. The van der Waals surface area contributed by atoms with E-state index in [0.29, 0.717) is 5.69 Å². The molecule has 0 radical (unpaired) electrons. The minimum absolute atomic E-state index is 0.155. The van der Waals surface area contributed by atoms with Crippen molar-refractivity contribution in [2.24, 2.45) is 20.5 Å². The standard InChI is InChI=1S/C5HN7O2/c1-2-3(10-13-1)7-9-5-4(8-6-2)11-14-12-5/h1H. The fourth-order valence-corrected chi connectivity index (χ4v) is 0.865. The highest BCUT2D eigenvalue weighted by Crippen LogP contribution is 2.34. The minimum Gasteiger partial charge on any atom is -0.360 e. The van der Waals surface area contributed by atoms with Crippen LogP contribution in [0.5, 0.6) is 0 Å². The van der Waals surface area contributed by atoms with E-state index in [2.05, 4.69) is 45.1 Å². The molecule has 14 heavy (non-hydrogen) atoms. The number of rotatable bonds is 0. The molecule has 0 aromatic carbocycles. The number of azo groups is 2. The van der Waals surface area contributed by atoms with E-state index in [9.17, 15) is 0 Å². The summed E-state index contributed by atoms with van der Waals surface area (Å²) in [5.41, 5.74) is 0.377. The zero-order valence-corrected chi connectivity index (χ0v) is 6.52. The summed E-state index contributed by atoms with van der Waals surface area (Å²) in [6, 6.07) is 0. The van der Waals surface area contributed by atoms with Crippen LogP contribution in [-0.4, -0.2) is 15.5 Å². The van der Waals surface area contributed by atoms with Gasteiger partial charge in [-0.05, 0) is 10.3 Å². The van der Waals surface area contributed by atoms with Crippen molar-refractivity contribution in [3.05, 3.63) is 6.26 Å². The first kappa shape index (κ1) is 7.00. The first-order valence-corrected chi connectivity index (χ1v) is 3.54. The second-order valence-electron chi connectivity index (χ2n) is 2.33. The van der Waals surface area contributed by atoms with Crippen molar-refractivity contribution in [3.63, 3.8) is 0 Å². The normalized spacial score (nSPS) is 13.1. The van der Waals surface area contributed by atoms with E-state index in [1.807, 2.05) is 0 Å². The molecular weight excluding hydrogens is 190 g/mol. The van der Waals surface area contributed by atoms with Gasteiger partial charge in [0, 0.05) is 0 Å². The summed E-state index contributed by atoms with van der Waals surface area (Å²) in [5, 5.41) is 25.4. The molecule has 0 N–H and O–H groups in total. The largest absolute Gasteiger partial charge is 0.360 e. The summed E-state index contributed by atoms with van der Waals surface area (Å²) in [6.07, 6.45) is 1.30. The van der Waals surface area contributed by atoms with Crippen LogP contribution in [0.15, 0.2) is 35.9 Å². The number of fused-ring (bicyclic) bond motifs is 2. The third kappa shape index (κ3) is 0.920. The van der Waals surface area contributed by atoms with Gasteiger partial charge in [-0.1, -0.05) is 5.16 Å². The van der Waals surface area contributed by atoms with Gasteiger partial charge in [-0.15, -0.1) is 20.5 Å². The third-order valence-corrected chi connectivity index (χ3v) is 1.48. The van der Waals surface area contributed by atoms with Crippen LogP contribution < -0.4 is 0 Å². The summed E-state index contributed by atoms with van der Waals surface area (Å²) in [5.74, 6) is 0.561. The molecule has 0 saturated heterocycles. The molecule has 0 aliphatic carbocycles. The highest BCUT2D eigenvalue weighted by molar-refractivity contribution is 5.56. The number of aromatic nitrogens is 3. The van der Waals surface area contributed by atoms with Gasteiger partial charge in [0.15, 0.2) is 12.0 Å². The lowest BCUT2D eigenvalue weighted by atomic mass is 10.5. The zero-order chi connectivity index (χ0) is 9.38. The Morgan fingerprint density at radius 3 is 2.36 bits per heavy atom. The second-order valence-corrected chi connectivity index (χ2v) is 2.33. The van der Waals surface area contributed by atoms with Crippen molar-refractivity contribution >= 4 is 23.1 Å². The Morgan fingerprint density at radius 2 is 1.50 bits per heavy atom. The predicted molar refractivity (Wildman–Crippen MR) is 39.2 cm³/mol. The Bertz CT molecular complexity index is 434. The van der Waals surface area contributed by atoms with Crippen molar-refractivity contribution in [1.29, 1.82) is 0 Å². The molecule has 9 heteroatoms. The van der Waals surface area contributed by atoms with Crippen LogP contribution in [0, 0.1) is 0 Å². The van der Waals surface area contributed by atoms with E-state index in [1.54, 1.807) is 0 Å². The van der Waals surface area contributed by atoms with Crippen molar-refractivity contribution < 1.29 is 9.15 Å². The lowest BCUT2D eigenvalue weighted by molar-refractivity contribution is 0.309. The third-order valence-electron chi connectivity index (χ3n) is 1.48. The minimum atomic E-state index is 0.155. The first-order chi connectivity index (χ1) is 6.93. The van der Waals surface area contributed by atoms with Crippen LogP contribution in [0.25, 0.3) is 0 Å². The number of nitrogens with zero attached hydrogens (tertiary/aromatic N) is 7. The molecule has 9 nitrogen and oxygen atoms in total. The topological polar surface area (TPSA) is 114 Å². The second kappa shape index (κ2) is 2.52. The summed E-state index contributed by atoms with van der Waals surface area (Å²) < 4.78 is 9.03. The SMILES string of the molecule is c1onc2c1N=Nc1nonc1N=N2. The summed E-state index contributed by atoms with van der Waals surface area (Å²) in [4.78, 5) is 0. The van der Waals surface area contributed by atoms with Gasteiger partial charge in [-0.25, -0.2) is 4.63 Å². The van der Waals surface area contributed by atoms with Gasteiger partial charge in [0.1, 0.15) is 0 Å². The Kier molecular flexibility index (Phi) is 1.26. The average Bonchev–Trinajstić information content (AvgIpc) is 2.75. The lowest BCUT2D eigenvalue weighted by Crippen LogP contribution is -1.68. The summed E-state index contributed by atoms with van der Waals surface area (Å²) in [7, 11) is 0. The van der Waals surface area contributed by atoms with E-state index in [4.69, 9.17) is 0 Å². The molecule has 68 valence electrons. The molecule has 0 saturated carbocycles. The van der Waals surface area contributed by atoms with Crippen LogP contribution >= 0.6 is 0 Å². The quantitative estimate of drug-likeness (QED) is 0.540. The molecule has 3 rings (SSSR count). The van der Waals surface area contributed by atoms with Crippen LogP contribution in [0.4, 0.5) is 23.1 Å². The number of hydrogen-bond acceptors (Lipinski definition) is 9. The smallest absolute Gasteiger partial charge is 0.265 e. The van der Waals surface area contributed by atoms with E-state index in [1.165, 1.54) is 6.26 Å². The molecule has 1 aliphatic rings. The Morgan fingerprint density at radius 1 is 0.786 bits per heavy atom. The van der Waals surface area contributed by atoms with Crippen LogP contribution in [-0.2, 0) is 0 Å². The van der Waals surface area contributed by atoms with Crippen LogP contribution in [0.2, 0.25) is 0 Å². The van der Waals surface area contributed by atoms with Gasteiger partial charge in [0.05, 0.1) is 0 Å². The van der Waals surface area contributed by atoms with E-state index < -0.39 is 0 Å². The van der Waals surface area contributed by atoms with E-state index in [-0.39, 0.29) is 17.5 Å². The van der Waals surface area contributed by atoms with Crippen LogP contribution in [0.3, 0.4) is 0 Å². The molecule has 3 heterocycles. The average molecular weight is 191 g/mol. The maximum atomic E-state index is 4.63. The number of hydrogen-bond donors (Lipinski definition) is 0. The highest BCUT2D eigenvalue weighted by Gasteiger charge is 2.14. The van der Waals surface area contributed by atoms with Gasteiger partial charge < -0.3 is 4.52 Å². The van der Waals surface area contributed by atoms with Gasteiger partial charge in [-0.2, -0.15) is 0 Å². The van der Waals surface area contributed by atoms with Crippen molar-refractivity contribution in [2.75, 3.05) is 0 Å². The monoisotopic (exact) mass is 191 g/mol. The fourth-order valence-electron chi connectivity index (χ4n) is 0.865. The van der Waals surface area contributed by atoms with Gasteiger partial charge in [-0.3, -0.25) is 0 Å². The van der Waals surface area contributed by atoms with E-state index in [0.717, 1.165) is 0 Å². The van der Waals surface area contributed by atoms with Gasteiger partial charge in [0.2, 0.25) is 5.82 Å². The molecule has 0 amide bonds. The van der Waals surface area contributed by atoms with Gasteiger partial charge in [0.25, 0.3) is 11.6 Å². The molecule has 0 bridgehead atoms. The predicted octanol–water partition coefficient (Wildman–Crippen LogP) is 2.20. The first-order valence-electron chi connectivity index (χ1n) is 3.54. The van der Waals surface area contributed by atoms with Gasteiger partial charge >= 0.3 is 0 Å². The van der Waals surface area contributed by atoms with E-state index >= 15 is 0 Å². The molecule has 0 unspecified atom stereocenters. The molecular formula is C5HN7O2. The molecule has 1 aliphatic heterocycles. The summed E-state index contributed by atoms with van der Waals surface area (Å²) in [6.45, 7) is 0. The molecule has 2 aromatic rings. The Labute approximate surface area is 75.5 Å².